The Morgan fingerprint density at radius 3 is 2.56 bits per heavy atom. The number of nitrogens with one attached hydrogen (secondary N) is 1. The summed E-state index contributed by atoms with van der Waals surface area (Å²) in [6, 6.07) is 0.407. The summed E-state index contributed by atoms with van der Waals surface area (Å²) in [4.78, 5) is 8.50. The van der Waals surface area contributed by atoms with Gasteiger partial charge in [0.25, 0.3) is 0 Å². The lowest BCUT2D eigenvalue weighted by Gasteiger charge is -2.20. The van der Waals surface area contributed by atoms with Crippen molar-refractivity contribution in [2.24, 2.45) is 0 Å². The van der Waals surface area contributed by atoms with Gasteiger partial charge in [-0.3, -0.25) is 0 Å². The third-order valence-electron chi connectivity index (χ3n) is 2.39. The Hall–Kier alpha value is -1.20. The van der Waals surface area contributed by atoms with Gasteiger partial charge in [0, 0.05) is 36.6 Å². The fourth-order valence-electron chi connectivity index (χ4n) is 1.29. The number of hydrogen-bond acceptors (Lipinski definition) is 5. The number of methoxy groups -OCH3 is 1. The fourth-order valence-corrected chi connectivity index (χ4v) is 1.29. The maximum atomic E-state index is 5.36. The molecule has 1 N–H and O–H groups in total. The van der Waals surface area contributed by atoms with Gasteiger partial charge in [0.1, 0.15) is 6.61 Å². The van der Waals surface area contributed by atoms with Crippen LogP contribution in [0.3, 0.4) is 0 Å². The number of nitrogens with zero attached hydrogens (tertiary/aromatic N) is 2. The second kappa shape index (κ2) is 6.66. The van der Waals surface area contributed by atoms with Gasteiger partial charge in [-0.15, -0.1) is 0 Å². The zero-order valence-electron chi connectivity index (χ0n) is 11.9. The molecule has 0 bridgehead atoms. The van der Waals surface area contributed by atoms with Gasteiger partial charge < -0.3 is 14.8 Å². The van der Waals surface area contributed by atoms with Crippen LogP contribution in [0.15, 0.2) is 6.20 Å². The largest absolute Gasteiger partial charge is 0.461 e. The van der Waals surface area contributed by atoms with Crippen LogP contribution < -0.4 is 10.1 Å². The predicted octanol–water partition coefficient (Wildman–Crippen LogP) is 1.70. The van der Waals surface area contributed by atoms with E-state index in [2.05, 4.69) is 36.1 Å². The number of rotatable bonds is 6. The highest BCUT2D eigenvalue weighted by molar-refractivity contribution is 5.17. The van der Waals surface area contributed by atoms with Gasteiger partial charge in [0.05, 0.1) is 6.61 Å². The van der Waals surface area contributed by atoms with Crippen molar-refractivity contribution in [3.05, 3.63) is 17.5 Å². The van der Waals surface area contributed by atoms with Crippen molar-refractivity contribution in [3.63, 3.8) is 0 Å². The minimum absolute atomic E-state index is 0.0834. The molecule has 1 aromatic rings. The molecule has 5 heteroatoms. The number of hydrogen-bond donors (Lipinski definition) is 1. The SMILES string of the molecule is COCCOc1ncc(CNC(C)(C)C)c(C)n1. The average molecular weight is 253 g/mol. The molecular weight excluding hydrogens is 230 g/mol. The summed E-state index contributed by atoms with van der Waals surface area (Å²) in [5.41, 5.74) is 2.11. The average Bonchev–Trinajstić information content (AvgIpc) is 2.27. The molecule has 0 spiro atoms. The van der Waals surface area contributed by atoms with Gasteiger partial charge in [0.15, 0.2) is 0 Å². The van der Waals surface area contributed by atoms with Crippen LogP contribution in [0.25, 0.3) is 0 Å². The van der Waals surface area contributed by atoms with E-state index in [-0.39, 0.29) is 5.54 Å². The first-order chi connectivity index (χ1) is 8.42. The van der Waals surface area contributed by atoms with E-state index in [1.165, 1.54) is 0 Å². The Kier molecular flexibility index (Phi) is 5.50. The lowest BCUT2D eigenvalue weighted by atomic mass is 10.1. The minimum atomic E-state index is 0.0834. The molecule has 0 aliphatic carbocycles. The lowest BCUT2D eigenvalue weighted by Crippen LogP contribution is -2.35. The van der Waals surface area contributed by atoms with Crippen molar-refractivity contribution in [1.82, 2.24) is 15.3 Å². The third kappa shape index (κ3) is 5.42. The van der Waals surface area contributed by atoms with E-state index in [1.807, 2.05) is 13.1 Å². The molecule has 0 atom stereocenters. The van der Waals surface area contributed by atoms with Crippen molar-refractivity contribution in [2.75, 3.05) is 20.3 Å². The Labute approximate surface area is 109 Å². The molecule has 0 unspecified atom stereocenters. The predicted molar refractivity (Wildman–Crippen MR) is 70.7 cm³/mol. The smallest absolute Gasteiger partial charge is 0.316 e. The third-order valence-corrected chi connectivity index (χ3v) is 2.39. The van der Waals surface area contributed by atoms with Crippen LogP contribution in [0.5, 0.6) is 6.01 Å². The second-order valence-corrected chi connectivity index (χ2v) is 5.21. The molecule has 1 heterocycles. The molecule has 18 heavy (non-hydrogen) atoms. The standard InChI is InChI=1S/C13H23N3O2/c1-10-11(9-15-13(2,3)4)8-14-12(16-10)18-7-6-17-5/h8,15H,6-7,9H2,1-5H3. The number of aromatic nitrogens is 2. The van der Waals surface area contributed by atoms with Gasteiger partial charge >= 0.3 is 6.01 Å². The monoisotopic (exact) mass is 253 g/mol. The van der Waals surface area contributed by atoms with E-state index < -0.39 is 0 Å². The summed E-state index contributed by atoms with van der Waals surface area (Å²) < 4.78 is 10.3. The highest BCUT2D eigenvalue weighted by Gasteiger charge is 2.10. The Morgan fingerprint density at radius 1 is 1.28 bits per heavy atom. The first kappa shape index (κ1) is 14.9. The summed E-state index contributed by atoms with van der Waals surface area (Å²) >= 11 is 0. The highest BCUT2D eigenvalue weighted by atomic mass is 16.5. The van der Waals surface area contributed by atoms with Crippen molar-refractivity contribution < 1.29 is 9.47 Å². The molecule has 0 saturated carbocycles. The molecule has 5 nitrogen and oxygen atoms in total. The van der Waals surface area contributed by atoms with Crippen molar-refractivity contribution in [3.8, 4) is 6.01 Å². The topological polar surface area (TPSA) is 56.3 Å². The molecule has 0 radical (unpaired) electrons. The number of ether oxygens (including phenoxy) is 2. The van der Waals surface area contributed by atoms with E-state index in [9.17, 15) is 0 Å². The van der Waals surface area contributed by atoms with E-state index in [0.29, 0.717) is 19.2 Å². The quantitative estimate of drug-likeness (QED) is 0.782. The Bertz CT molecular complexity index is 375. The van der Waals surface area contributed by atoms with Crippen molar-refractivity contribution >= 4 is 0 Å². The van der Waals surface area contributed by atoms with Crippen molar-refractivity contribution in [1.29, 1.82) is 0 Å². The van der Waals surface area contributed by atoms with Crippen LogP contribution in [0, 0.1) is 6.92 Å². The summed E-state index contributed by atoms with van der Waals surface area (Å²) in [6.07, 6.45) is 1.81. The van der Waals surface area contributed by atoms with Gasteiger partial charge in [-0.1, -0.05) is 0 Å². The van der Waals surface area contributed by atoms with Crippen LogP contribution in [-0.2, 0) is 11.3 Å². The molecular formula is C13H23N3O2. The zero-order chi connectivity index (χ0) is 13.6. The van der Waals surface area contributed by atoms with Crippen LogP contribution in [0.4, 0.5) is 0 Å². The van der Waals surface area contributed by atoms with E-state index in [1.54, 1.807) is 7.11 Å². The van der Waals surface area contributed by atoms with Crippen LogP contribution >= 0.6 is 0 Å². The molecule has 1 aromatic heterocycles. The Balaban J connectivity index is 2.56. The molecule has 0 fully saturated rings. The summed E-state index contributed by atoms with van der Waals surface area (Å²) in [7, 11) is 1.64. The minimum Gasteiger partial charge on any atom is -0.461 e. The van der Waals surface area contributed by atoms with Crippen molar-refractivity contribution in [2.45, 2.75) is 39.8 Å². The van der Waals surface area contributed by atoms with Gasteiger partial charge in [-0.2, -0.15) is 0 Å². The molecule has 102 valence electrons. The van der Waals surface area contributed by atoms with Crippen LogP contribution in [0.1, 0.15) is 32.0 Å². The van der Waals surface area contributed by atoms with E-state index in [0.717, 1.165) is 17.8 Å². The molecule has 0 saturated heterocycles. The summed E-state index contributed by atoms with van der Waals surface area (Å²) in [5.74, 6) is 0. The van der Waals surface area contributed by atoms with Crippen LogP contribution in [-0.4, -0.2) is 35.8 Å². The summed E-state index contributed by atoms with van der Waals surface area (Å²) in [5, 5.41) is 3.41. The van der Waals surface area contributed by atoms with Gasteiger partial charge in [0.2, 0.25) is 0 Å². The van der Waals surface area contributed by atoms with E-state index in [4.69, 9.17) is 9.47 Å². The normalized spacial score (nSPS) is 11.6. The molecule has 0 aliphatic rings. The first-order valence-corrected chi connectivity index (χ1v) is 6.11. The molecule has 0 aliphatic heterocycles. The summed E-state index contributed by atoms with van der Waals surface area (Å²) in [6.45, 7) is 10.1. The molecule has 0 amide bonds. The van der Waals surface area contributed by atoms with Crippen LogP contribution in [0.2, 0.25) is 0 Å². The van der Waals surface area contributed by atoms with Gasteiger partial charge in [-0.25, -0.2) is 9.97 Å². The highest BCUT2D eigenvalue weighted by Crippen LogP contribution is 2.10. The number of aryl methyl sites for hydroxylation is 1. The maximum Gasteiger partial charge on any atom is 0.316 e. The first-order valence-electron chi connectivity index (χ1n) is 6.11. The second-order valence-electron chi connectivity index (χ2n) is 5.21. The Morgan fingerprint density at radius 2 is 2.00 bits per heavy atom. The van der Waals surface area contributed by atoms with Gasteiger partial charge in [-0.05, 0) is 27.7 Å². The molecule has 0 aromatic carbocycles. The maximum absolute atomic E-state index is 5.36. The van der Waals surface area contributed by atoms with E-state index >= 15 is 0 Å². The fraction of sp³-hybridized carbons (Fsp3) is 0.692. The lowest BCUT2D eigenvalue weighted by molar-refractivity contribution is 0.140. The molecule has 1 rings (SSSR count). The zero-order valence-corrected chi connectivity index (χ0v) is 11.9.